The molecule has 0 atom stereocenters. The number of aromatic carboxylic acids is 1. The maximum absolute atomic E-state index is 12.4. The summed E-state index contributed by atoms with van der Waals surface area (Å²) in [5.74, 6) is -1.48. The second-order valence-electron chi connectivity index (χ2n) is 4.85. The van der Waals surface area contributed by atoms with Crippen molar-refractivity contribution in [3.63, 3.8) is 0 Å². The van der Waals surface area contributed by atoms with Crippen LogP contribution in [0.3, 0.4) is 0 Å². The molecule has 108 valence electrons. The van der Waals surface area contributed by atoms with Crippen LogP contribution in [-0.2, 0) is 0 Å². The number of benzene rings is 3. The number of hydrogen-bond acceptors (Lipinski definition) is 3. The first-order valence-electron chi connectivity index (χ1n) is 6.76. The Kier molecular flexibility index (Phi) is 6.09. The zero-order chi connectivity index (χ0) is 15.5. The van der Waals surface area contributed by atoms with E-state index in [2.05, 4.69) is 5.32 Å². The van der Waals surface area contributed by atoms with E-state index in [1.54, 1.807) is 6.07 Å². The topological polar surface area (TPSA) is 69.2 Å². The Balaban J connectivity index is 0.00000192. The molecule has 3 aromatic rings. The second kappa shape index (κ2) is 7.85. The van der Waals surface area contributed by atoms with Gasteiger partial charge in [-0.1, -0.05) is 48.5 Å². The molecule has 0 spiro atoms. The summed E-state index contributed by atoms with van der Waals surface area (Å²) in [6, 6.07) is 19.0. The monoisotopic (exact) mass is 329 g/mol. The molecule has 0 bridgehead atoms. The minimum atomic E-state index is -1.24. The average Bonchev–Trinajstić information content (AvgIpc) is 2.54. The van der Waals surface area contributed by atoms with E-state index in [-0.39, 0.29) is 62.9 Å². The Morgan fingerprint density at radius 2 is 1.48 bits per heavy atom. The maximum atomic E-state index is 12.4. The van der Waals surface area contributed by atoms with Gasteiger partial charge in [-0.3, -0.25) is 4.79 Å². The summed E-state index contributed by atoms with van der Waals surface area (Å²) in [5, 5.41) is 15.3. The van der Waals surface area contributed by atoms with Crippen LogP contribution >= 0.6 is 0 Å². The molecular weight excluding hydrogens is 317 g/mol. The second-order valence-corrected chi connectivity index (χ2v) is 4.85. The molecule has 0 saturated heterocycles. The van der Waals surface area contributed by atoms with Crippen molar-refractivity contribution < 1.29 is 66.1 Å². The predicted molar refractivity (Wildman–Crippen MR) is 82.7 cm³/mol. The molecule has 3 aromatic carbocycles. The van der Waals surface area contributed by atoms with Gasteiger partial charge >= 0.3 is 51.4 Å². The van der Waals surface area contributed by atoms with Crippen LogP contribution in [0.1, 0.15) is 20.7 Å². The van der Waals surface area contributed by atoms with Crippen LogP contribution in [0.25, 0.3) is 10.8 Å². The number of carboxylic acids is 1. The van der Waals surface area contributed by atoms with Crippen molar-refractivity contribution in [2.24, 2.45) is 0 Å². The van der Waals surface area contributed by atoms with Gasteiger partial charge in [-0.05, 0) is 34.5 Å². The quantitative estimate of drug-likeness (QED) is 0.656. The van der Waals surface area contributed by atoms with E-state index >= 15 is 0 Å². The number of hydrogen-bond donors (Lipinski definition) is 1. The van der Waals surface area contributed by atoms with Gasteiger partial charge in [-0.2, -0.15) is 0 Å². The van der Waals surface area contributed by atoms with Gasteiger partial charge in [-0.15, -0.1) is 0 Å². The predicted octanol–water partition coefficient (Wildman–Crippen LogP) is -0.540. The number of fused-ring (bicyclic) bond motifs is 1. The van der Waals surface area contributed by atoms with Crippen molar-refractivity contribution in [2.75, 3.05) is 5.32 Å². The normalized spacial score (nSPS) is 9.91. The molecule has 0 aliphatic rings. The number of carbonyl (C=O) groups excluding carboxylic acids is 2. The van der Waals surface area contributed by atoms with Crippen LogP contribution in [0, 0.1) is 0 Å². The maximum Gasteiger partial charge on any atom is 1.00 e. The fourth-order valence-corrected chi connectivity index (χ4v) is 2.31. The molecule has 0 unspecified atom stereocenters. The van der Waals surface area contributed by atoms with Crippen LogP contribution in [-0.4, -0.2) is 11.9 Å². The van der Waals surface area contributed by atoms with Crippen LogP contribution in [0.15, 0.2) is 66.7 Å². The third-order valence-corrected chi connectivity index (χ3v) is 3.41. The number of rotatable bonds is 3. The third-order valence-electron chi connectivity index (χ3n) is 3.41. The standard InChI is InChI=1S/C18H13NO3.K/c20-17(19-14-10-8-13(9-11-14)18(21)22)16-7-3-5-12-4-1-2-6-15(12)16;/h1-11H,(H,19,20)(H,21,22);/q;+1/p-1. The molecule has 1 amide bonds. The van der Waals surface area contributed by atoms with Gasteiger partial charge < -0.3 is 15.2 Å². The molecule has 0 aliphatic heterocycles. The number of nitrogens with one attached hydrogen (secondary N) is 1. The molecule has 4 nitrogen and oxygen atoms in total. The first kappa shape index (κ1) is 17.8. The van der Waals surface area contributed by atoms with Crippen LogP contribution in [0.4, 0.5) is 5.69 Å². The van der Waals surface area contributed by atoms with Gasteiger partial charge in [0.05, 0.1) is 5.97 Å². The minimum Gasteiger partial charge on any atom is -0.545 e. The van der Waals surface area contributed by atoms with Gasteiger partial charge in [0, 0.05) is 11.3 Å². The molecule has 3 rings (SSSR count). The number of amides is 1. The first-order valence-corrected chi connectivity index (χ1v) is 6.76. The first-order chi connectivity index (χ1) is 10.6. The zero-order valence-electron chi connectivity index (χ0n) is 12.6. The summed E-state index contributed by atoms with van der Waals surface area (Å²) in [4.78, 5) is 23.1. The summed E-state index contributed by atoms with van der Waals surface area (Å²) in [6.07, 6.45) is 0. The minimum absolute atomic E-state index is 0. The SMILES string of the molecule is O=C([O-])c1ccc(NC(=O)c2cccc3ccccc23)cc1.[K+]. The van der Waals surface area contributed by atoms with E-state index in [4.69, 9.17) is 0 Å². The van der Waals surface area contributed by atoms with E-state index in [9.17, 15) is 14.7 Å². The van der Waals surface area contributed by atoms with Crippen molar-refractivity contribution in [1.29, 1.82) is 0 Å². The van der Waals surface area contributed by atoms with E-state index in [0.717, 1.165) is 10.8 Å². The Morgan fingerprint density at radius 1 is 0.826 bits per heavy atom. The smallest absolute Gasteiger partial charge is 0.545 e. The molecule has 0 heterocycles. The number of anilines is 1. The van der Waals surface area contributed by atoms with Gasteiger partial charge in [0.2, 0.25) is 0 Å². The van der Waals surface area contributed by atoms with Crippen molar-refractivity contribution in [2.45, 2.75) is 0 Å². The Bertz CT molecular complexity index is 854. The molecule has 0 aromatic heterocycles. The van der Waals surface area contributed by atoms with Gasteiger partial charge in [0.15, 0.2) is 0 Å². The number of carboxylic acid groups (broad SMARTS) is 1. The van der Waals surface area contributed by atoms with Crippen LogP contribution in [0.5, 0.6) is 0 Å². The van der Waals surface area contributed by atoms with E-state index < -0.39 is 5.97 Å². The fourth-order valence-electron chi connectivity index (χ4n) is 2.31. The molecule has 0 aliphatic carbocycles. The molecule has 1 N–H and O–H groups in total. The van der Waals surface area contributed by atoms with Gasteiger partial charge in [-0.25, -0.2) is 0 Å². The summed E-state index contributed by atoms with van der Waals surface area (Å²) in [5.41, 5.74) is 1.17. The summed E-state index contributed by atoms with van der Waals surface area (Å²) >= 11 is 0. The largest absolute Gasteiger partial charge is 1.00 e. The molecular formula is C18H12KNO3. The van der Waals surface area contributed by atoms with Crippen molar-refractivity contribution >= 4 is 28.3 Å². The zero-order valence-corrected chi connectivity index (χ0v) is 15.7. The molecule has 5 heteroatoms. The average molecular weight is 329 g/mol. The van der Waals surface area contributed by atoms with Crippen molar-refractivity contribution in [3.8, 4) is 0 Å². The van der Waals surface area contributed by atoms with E-state index in [1.165, 1.54) is 24.3 Å². The van der Waals surface area contributed by atoms with Crippen molar-refractivity contribution in [1.82, 2.24) is 0 Å². The summed E-state index contributed by atoms with van der Waals surface area (Å²) in [6.45, 7) is 0. The number of carbonyl (C=O) groups is 2. The Morgan fingerprint density at radius 3 is 2.17 bits per heavy atom. The van der Waals surface area contributed by atoms with Crippen molar-refractivity contribution in [3.05, 3.63) is 77.9 Å². The molecule has 0 radical (unpaired) electrons. The fraction of sp³-hybridized carbons (Fsp3) is 0. The van der Waals surface area contributed by atoms with Gasteiger partial charge in [0.25, 0.3) is 5.91 Å². The molecule has 23 heavy (non-hydrogen) atoms. The molecule has 0 saturated carbocycles. The molecule has 0 fully saturated rings. The van der Waals surface area contributed by atoms with Gasteiger partial charge in [0.1, 0.15) is 0 Å². The van der Waals surface area contributed by atoms with E-state index in [0.29, 0.717) is 11.3 Å². The van der Waals surface area contributed by atoms with Crippen LogP contribution < -0.4 is 61.8 Å². The third kappa shape index (κ3) is 4.07. The Hall–Kier alpha value is -1.50. The summed E-state index contributed by atoms with van der Waals surface area (Å²) < 4.78 is 0. The Labute approximate surface area is 175 Å². The van der Waals surface area contributed by atoms with E-state index in [1.807, 2.05) is 36.4 Å². The van der Waals surface area contributed by atoms with Crippen LogP contribution in [0.2, 0.25) is 0 Å². The summed E-state index contributed by atoms with van der Waals surface area (Å²) in [7, 11) is 0.